The summed E-state index contributed by atoms with van der Waals surface area (Å²) < 4.78 is 119. The van der Waals surface area contributed by atoms with Crippen molar-refractivity contribution in [2.45, 2.75) is 31.7 Å². The van der Waals surface area contributed by atoms with Crippen LogP contribution in [-0.4, -0.2) is 6.36 Å². The number of allylic oxidation sites excluding steroid dienone is 4. The number of ether oxygens (including phenoxy) is 2. The molecule has 0 aliphatic carbocycles. The highest BCUT2D eigenvalue weighted by Crippen LogP contribution is 2.36. The summed E-state index contributed by atoms with van der Waals surface area (Å²) >= 11 is 0. The molecule has 0 aliphatic rings. The standard InChI is InChI=1S/C31H24F8O2P2/c1-3-4-7-19-10-12-20(13-11-19)8-5-6-9-23(32)18(2)21-14-24(33)28(26(42)15-21)30(35,36)40-22-16-25(34)29(27(43)17-22)41-31(37,38)39/h3,9-17H,1-2,4,6-7,42-43H2/b23-9+. The normalized spacial score (nSPS) is 11.9. The van der Waals surface area contributed by atoms with Gasteiger partial charge >= 0.3 is 12.5 Å². The van der Waals surface area contributed by atoms with Gasteiger partial charge in [-0.1, -0.05) is 36.6 Å². The van der Waals surface area contributed by atoms with Crippen LogP contribution in [0.15, 0.2) is 79.7 Å². The van der Waals surface area contributed by atoms with Crippen LogP contribution in [0.5, 0.6) is 11.5 Å². The second-order valence-corrected chi connectivity index (χ2v) is 10.2. The van der Waals surface area contributed by atoms with Crippen molar-refractivity contribution in [2.24, 2.45) is 0 Å². The molecule has 0 fully saturated rings. The van der Waals surface area contributed by atoms with Crippen LogP contribution in [0.4, 0.5) is 35.1 Å². The fourth-order valence-electron chi connectivity index (χ4n) is 3.76. The number of aryl methyl sites for hydroxylation is 1. The van der Waals surface area contributed by atoms with E-state index in [2.05, 4.69) is 34.5 Å². The molecule has 0 heterocycles. The Morgan fingerprint density at radius 2 is 1.58 bits per heavy atom. The molecule has 0 bridgehead atoms. The van der Waals surface area contributed by atoms with Gasteiger partial charge < -0.3 is 9.47 Å². The number of halogens is 8. The smallest absolute Gasteiger partial charge is 0.429 e. The Balaban J connectivity index is 1.74. The predicted molar refractivity (Wildman–Crippen MR) is 157 cm³/mol. The van der Waals surface area contributed by atoms with Crippen molar-refractivity contribution in [2.75, 3.05) is 0 Å². The van der Waals surface area contributed by atoms with E-state index in [1.165, 1.54) is 0 Å². The highest BCUT2D eigenvalue weighted by Gasteiger charge is 2.40. The molecule has 12 heteroatoms. The monoisotopic (exact) mass is 642 g/mol. The minimum atomic E-state index is -5.23. The molecule has 0 spiro atoms. The largest absolute Gasteiger partial charge is 0.573 e. The third-order valence-corrected chi connectivity index (χ3v) is 6.65. The Hall–Kier alpha value is -3.66. The fraction of sp³-hybridized carbons (Fsp3) is 0.161. The summed E-state index contributed by atoms with van der Waals surface area (Å²) in [5.74, 6) is -0.473. The summed E-state index contributed by atoms with van der Waals surface area (Å²) in [6, 6.07) is 10.1. The maximum atomic E-state index is 15.0. The maximum absolute atomic E-state index is 15.0. The lowest BCUT2D eigenvalue weighted by Crippen LogP contribution is -2.29. The maximum Gasteiger partial charge on any atom is 0.573 e. The molecule has 0 radical (unpaired) electrons. The average Bonchev–Trinajstić information content (AvgIpc) is 2.90. The summed E-state index contributed by atoms with van der Waals surface area (Å²) in [4.78, 5) is 0. The summed E-state index contributed by atoms with van der Waals surface area (Å²) in [5.41, 5.74) is 0.139. The SMILES string of the molecule is C=CCCc1ccc(C#CC/C=C(/F)C(=C)c2cc(F)c(C(F)(F)Oc3cc(F)c(OC(F)(F)F)c(P)c3)c(P)c2)cc1. The zero-order valence-corrected chi connectivity index (χ0v) is 24.6. The molecule has 3 aromatic rings. The molecule has 226 valence electrons. The molecule has 0 aromatic heterocycles. The first-order valence-corrected chi connectivity index (χ1v) is 13.5. The number of alkyl halides is 5. The molecule has 0 aliphatic heterocycles. The third kappa shape index (κ3) is 9.41. The van der Waals surface area contributed by atoms with Crippen LogP contribution in [0.2, 0.25) is 0 Å². The van der Waals surface area contributed by atoms with Crippen LogP contribution in [0, 0.1) is 23.5 Å². The number of rotatable bonds is 10. The van der Waals surface area contributed by atoms with E-state index < -0.39 is 57.6 Å². The lowest BCUT2D eigenvalue weighted by molar-refractivity contribution is -0.275. The van der Waals surface area contributed by atoms with E-state index in [0.29, 0.717) is 12.1 Å². The quantitative estimate of drug-likeness (QED) is 0.0727. The first kappa shape index (κ1) is 33.8. The van der Waals surface area contributed by atoms with Gasteiger partial charge in [0.15, 0.2) is 11.6 Å². The van der Waals surface area contributed by atoms with Crippen molar-refractivity contribution in [3.8, 4) is 23.3 Å². The Morgan fingerprint density at radius 1 is 0.907 bits per heavy atom. The van der Waals surface area contributed by atoms with Crippen LogP contribution in [0.3, 0.4) is 0 Å². The zero-order chi connectivity index (χ0) is 31.9. The second kappa shape index (κ2) is 14.2. The number of hydrogen-bond acceptors (Lipinski definition) is 2. The molecule has 0 N–H and O–H groups in total. The number of benzene rings is 3. The molecular formula is C31H24F8O2P2. The van der Waals surface area contributed by atoms with Crippen molar-refractivity contribution in [3.63, 3.8) is 0 Å². The molecule has 0 saturated carbocycles. The average molecular weight is 642 g/mol. The van der Waals surface area contributed by atoms with Crippen molar-refractivity contribution >= 4 is 34.7 Å². The molecule has 3 aromatic carbocycles. The molecular weight excluding hydrogens is 618 g/mol. The molecule has 2 unspecified atom stereocenters. The van der Waals surface area contributed by atoms with Gasteiger partial charge in [-0.2, -0.15) is 8.78 Å². The highest BCUT2D eigenvalue weighted by molar-refractivity contribution is 7.28. The van der Waals surface area contributed by atoms with Gasteiger partial charge in [0, 0.05) is 28.9 Å². The first-order valence-electron chi connectivity index (χ1n) is 12.4. The predicted octanol–water partition coefficient (Wildman–Crippen LogP) is 8.42. The number of hydrogen-bond donors (Lipinski definition) is 0. The van der Waals surface area contributed by atoms with E-state index >= 15 is 0 Å². The van der Waals surface area contributed by atoms with Crippen LogP contribution in [-0.2, 0) is 12.5 Å². The minimum Gasteiger partial charge on any atom is -0.429 e. The van der Waals surface area contributed by atoms with E-state index in [-0.39, 0.29) is 23.6 Å². The molecule has 2 nitrogen and oxygen atoms in total. The Bertz CT molecular complexity index is 1550. The topological polar surface area (TPSA) is 18.5 Å². The molecule has 0 saturated heterocycles. The summed E-state index contributed by atoms with van der Waals surface area (Å²) in [6.45, 7) is 7.24. The molecule has 0 amide bonds. The van der Waals surface area contributed by atoms with E-state index in [1.807, 2.05) is 39.6 Å². The molecule has 43 heavy (non-hydrogen) atoms. The summed E-state index contributed by atoms with van der Waals surface area (Å²) in [6.07, 6.45) is -5.02. The molecule has 3 rings (SSSR count). The van der Waals surface area contributed by atoms with E-state index in [4.69, 9.17) is 0 Å². The van der Waals surface area contributed by atoms with E-state index in [9.17, 15) is 35.1 Å². The Kier molecular flexibility index (Phi) is 11.2. The Morgan fingerprint density at radius 3 is 2.16 bits per heavy atom. The van der Waals surface area contributed by atoms with Gasteiger partial charge in [-0.25, -0.2) is 13.2 Å². The third-order valence-electron chi connectivity index (χ3n) is 5.77. The lowest BCUT2D eigenvalue weighted by Gasteiger charge is -2.22. The van der Waals surface area contributed by atoms with Gasteiger partial charge in [-0.05, 0) is 65.7 Å². The van der Waals surface area contributed by atoms with E-state index in [0.717, 1.165) is 36.1 Å². The van der Waals surface area contributed by atoms with Crippen molar-refractivity contribution in [1.29, 1.82) is 0 Å². The van der Waals surface area contributed by atoms with Crippen molar-refractivity contribution < 1.29 is 44.6 Å². The van der Waals surface area contributed by atoms with Crippen molar-refractivity contribution in [1.82, 2.24) is 0 Å². The van der Waals surface area contributed by atoms with Gasteiger partial charge in [0.05, 0.1) is 0 Å². The minimum absolute atomic E-state index is 0.00958. The summed E-state index contributed by atoms with van der Waals surface area (Å²) in [7, 11) is 3.57. The van der Waals surface area contributed by atoms with Gasteiger partial charge in [0.2, 0.25) is 0 Å². The van der Waals surface area contributed by atoms with Crippen LogP contribution in [0.25, 0.3) is 5.57 Å². The Labute approximate surface area is 247 Å². The van der Waals surface area contributed by atoms with E-state index in [1.54, 1.807) is 9.24 Å². The fourth-order valence-corrected chi connectivity index (χ4v) is 4.60. The van der Waals surface area contributed by atoms with Gasteiger partial charge in [-0.3, -0.25) is 0 Å². The van der Waals surface area contributed by atoms with Crippen molar-refractivity contribution in [3.05, 3.63) is 114 Å². The van der Waals surface area contributed by atoms with Gasteiger partial charge in [0.1, 0.15) is 23.0 Å². The van der Waals surface area contributed by atoms with Crippen LogP contribution in [0.1, 0.15) is 35.1 Å². The summed E-state index contributed by atoms with van der Waals surface area (Å²) in [5, 5.41) is -1.01. The molecule has 2 atom stereocenters. The second-order valence-electron chi connectivity index (χ2n) is 8.97. The van der Waals surface area contributed by atoms with Gasteiger partial charge in [-0.15, -0.1) is 38.2 Å². The lowest BCUT2D eigenvalue weighted by atomic mass is 10.0. The van der Waals surface area contributed by atoms with Crippen LogP contribution < -0.4 is 20.1 Å². The zero-order valence-electron chi connectivity index (χ0n) is 22.3. The first-order chi connectivity index (χ1) is 20.1. The highest BCUT2D eigenvalue weighted by atomic mass is 31.0. The van der Waals surface area contributed by atoms with Crippen LogP contribution >= 0.6 is 18.5 Å². The van der Waals surface area contributed by atoms with Gasteiger partial charge in [0.25, 0.3) is 0 Å².